The Kier molecular flexibility index (Phi) is 4.28. The summed E-state index contributed by atoms with van der Waals surface area (Å²) in [5.41, 5.74) is 2.75. The van der Waals surface area contributed by atoms with Crippen molar-refractivity contribution in [3.8, 4) is 0 Å². The van der Waals surface area contributed by atoms with Crippen molar-refractivity contribution in [3.05, 3.63) is 29.8 Å². The monoisotopic (exact) mass is 246 g/mol. The Bertz CT molecular complexity index is 367. The van der Waals surface area contributed by atoms with Crippen LogP contribution < -0.4 is 4.90 Å². The molecule has 100 valence electrons. The van der Waals surface area contributed by atoms with Crippen LogP contribution in [0.15, 0.2) is 24.3 Å². The van der Waals surface area contributed by atoms with Crippen LogP contribution in [0.5, 0.6) is 0 Å². The Labute approximate surface area is 112 Å². The zero-order chi connectivity index (χ0) is 13.1. The first-order valence-electron chi connectivity index (χ1n) is 7.10. The van der Waals surface area contributed by atoms with Crippen molar-refractivity contribution in [2.75, 3.05) is 25.5 Å². The van der Waals surface area contributed by atoms with Crippen molar-refractivity contribution in [3.63, 3.8) is 0 Å². The Balaban J connectivity index is 2.00. The average Bonchev–Trinajstić information content (AvgIpc) is 2.78. The minimum absolute atomic E-state index is 0.679. The van der Waals surface area contributed by atoms with Crippen LogP contribution in [0.3, 0.4) is 0 Å². The van der Waals surface area contributed by atoms with E-state index in [0.29, 0.717) is 6.04 Å². The maximum absolute atomic E-state index is 2.65. The number of anilines is 1. The highest BCUT2D eigenvalue weighted by Crippen LogP contribution is 2.24. The average molecular weight is 246 g/mol. The van der Waals surface area contributed by atoms with Crippen LogP contribution in [-0.4, -0.2) is 37.6 Å². The number of benzene rings is 1. The fourth-order valence-electron chi connectivity index (χ4n) is 2.96. The smallest absolute Gasteiger partial charge is 0.0361 e. The van der Waals surface area contributed by atoms with E-state index in [4.69, 9.17) is 0 Å². The topological polar surface area (TPSA) is 6.48 Å². The van der Waals surface area contributed by atoms with E-state index in [1.807, 2.05) is 0 Å². The number of hydrogen-bond donors (Lipinski definition) is 0. The molecule has 1 aromatic carbocycles. The molecule has 0 unspecified atom stereocenters. The van der Waals surface area contributed by atoms with E-state index in [9.17, 15) is 0 Å². The van der Waals surface area contributed by atoms with Gasteiger partial charge in [-0.3, -0.25) is 4.90 Å². The lowest BCUT2D eigenvalue weighted by Crippen LogP contribution is -2.36. The molecular weight excluding hydrogens is 220 g/mol. The molecule has 1 fully saturated rings. The standard InChI is InChI=1S/C16H26N2/c1-13(2)18-11-5-6-16(18)12-14-7-9-15(10-8-14)17(3)4/h7-10,13,16H,5-6,11-12H2,1-4H3/t16-/m0/s1. The lowest BCUT2D eigenvalue weighted by Gasteiger charge is -2.28. The summed E-state index contributed by atoms with van der Waals surface area (Å²) in [5.74, 6) is 0. The molecule has 0 bridgehead atoms. The second-order valence-corrected chi connectivity index (χ2v) is 5.89. The first-order chi connectivity index (χ1) is 8.58. The van der Waals surface area contributed by atoms with E-state index < -0.39 is 0 Å². The lowest BCUT2D eigenvalue weighted by molar-refractivity contribution is 0.203. The number of hydrogen-bond acceptors (Lipinski definition) is 2. The maximum atomic E-state index is 2.65. The van der Waals surface area contributed by atoms with E-state index in [-0.39, 0.29) is 0 Å². The van der Waals surface area contributed by atoms with Gasteiger partial charge in [-0.15, -0.1) is 0 Å². The van der Waals surface area contributed by atoms with Gasteiger partial charge in [0.05, 0.1) is 0 Å². The second kappa shape index (κ2) is 5.75. The predicted molar refractivity (Wildman–Crippen MR) is 79.3 cm³/mol. The minimum Gasteiger partial charge on any atom is -0.378 e. The van der Waals surface area contributed by atoms with Gasteiger partial charge in [0.15, 0.2) is 0 Å². The van der Waals surface area contributed by atoms with Gasteiger partial charge in [-0.2, -0.15) is 0 Å². The van der Waals surface area contributed by atoms with Gasteiger partial charge in [-0.1, -0.05) is 12.1 Å². The highest BCUT2D eigenvalue weighted by molar-refractivity contribution is 5.46. The molecule has 1 heterocycles. The van der Waals surface area contributed by atoms with Gasteiger partial charge in [0.2, 0.25) is 0 Å². The zero-order valence-electron chi connectivity index (χ0n) is 12.2. The van der Waals surface area contributed by atoms with E-state index >= 15 is 0 Å². The van der Waals surface area contributed by atoms with E-state index in [1.165, 1.54) is 37.1 Å². The van der Waals surface area contributed by atoms with Crippen LogP contribution in [-0.2, 0) is 6.42 Å². The predicted octanol–water partition coefficient (Wildman–Crippen LogP) is 3.17. The molecule has 2 heteroatoms. The largest absolute Gasteiger partial charge is 0.378 e. The second-order valence-electron chi connectivity index (χ2n) is 5.89. The summed E-state index contributed by atoms with van der Waals surface area (Å²) in [6.45, 7) is 5.90. The SMILES string of the molecule is CC(C)N1CCC[C@H]1Cc1ccc(N(C)C)cc1. The minimum atomic E-state index is 0.679. The number of likely N-dealkylation sites (tertiary alicyclic amines) is 1. The van der Waals surface area contributed by atoms with Crippen LogP contribution in [0.1, 0.15) is 32.3 Å². The summed E-state index contributed by atoms with van der Waals surface area (Å²) in [6.07, 6.45) is 3.91. The summed E-state index contributed by atoms with van der Waals surface area (Å²) in [4.78, 5) is 4.81. The van der Waals surface area contributed by atoms with E-state index in [0.717, 1.165) is 6.04 Å². The third-order valence-electron chi connectivity index (χ3n) is 4.01. The Morgan fingerprint density at radius 1 is 1.22 bits per heavy atom. The molecule has 0 aromatic heterocycles. The summed E-state index contributed by atoms with van der Waals surface area (Å²) < 4.78 is 0. The molecule has 0 radical (unpaired) electrons. The van der Waals surface area contributed by atoms with Gasteiger partial charge in [-0.25, -0.2) is 0 Å². The van der Waals surface area contributed by atoms with Crippen molar-refractivity contribution in [2.24, 2.45) is 0 Å². The maximum Gasteiger partial charge on any atom is 0.0361 e. The first kappa shape index (κ1) is 13.4. The zero-order valence-corrected chi connectivity index (χ0v) is 12.2. The molecule has 1 atom stereocenters. The van der Waals surface area contributed by atoms with Gasteiger partial charge >= 0.3 is 0 Å². The molecule has 1 aliphatic rings. The third kappa shape index (κ3) is 3.05. The molecule has 1 aliphatic heterocycles. The number of nitrogens with zero attached hydrogens (tertiary/aromatic N) is 2. The van der Waals surface area contributed by atoms with E-state index in [1.54, 1.807) is 0 Å². The third-order valence-corrected chi connectivity index (χ3v) is 4.01. The lowest BCUT2D eigenvalue weighted by atomic mass is 10.0. The fraction of sp³-hybridized carbons (Fsp3) is 0.625. The summed E-state index contributed by atoms with van der Waals surface area (Å²) >= 11 is 0. The van der Waals surface area contributed by atoms with Crippen molar-refractivity contribution < 1.29 is 0 Å². The van der Waals surface area contributed by atoms with Crippen molar-refractivity contribution in [2.45, 2.75) is 45.2 Å². The summed E-state index contributed by atoms with van der Waals surface area (Å²) in [7, 11) is 4.18. The Morgan fingerprint density at radius 3 is 2.44 bits per heavy atom. The molecule has 0 N–H and O–H groups in total. The van der Waals surface area contributed by atoms with Crippen molar-refractivity contribution in [1.29, 1.82) is 0 Å². The van der Waals surface area contributed by atoms with Crippen LogP contribution >= 0.6 is 0 Å². The molecule has 18 heavy (non-hydrogen) atoms. The molecule has 0 aliphatic carbocycles. The molecule has 1 saturated heterocycles. The van der Waals surface area contributed by atoms with Crippen LogP contribution in [0.25, 0.3) is 0 Å². The molecule has 0 spiro atoms. The number of rotatable bonds is 4. The molecule has 0 amide bonds. The highest BCUT2D eigenvalue weighted by atomic mass is 15.2. The van der Waals surface area contributed by atoms with Gasteiger partial charge in [0.1, 0.15) is 0 Å². The molecular formula is C16H26N2. The van der Waals surface area contributed by atoms with E-state index in [2.05, 4.69) is 62.0 Å². The van der Waals surface area contributed by atoms with Gasteiger partial charge in [0, 0.05) is 31.9 Å². The van der Waals surface area contributed by atoms with Crippen LogP contribution in [0.2, 0.25) is 0 Å². The quantitative estimate of drug-likeness (QED) is 0.805. The molecule has 0 saturated carbocycles. The van der Waals surface area contributed by atoms with Gasteiger partial charge in [-0.05, 0) is 57.4 Å². The summed E-state index contributed by atoms with van der Waals surface area (Å²) in [6, 6.07) is 10.4. The Hall–Kier alpha value is -1.02. The van der Waals surface area contributed by atoms with Crippen molar-refractivity contribution in [1.82, 2.24) is 4.90 Å². The van der Waals surface area contributed by atoms with Crippen molar-refractivity contribution >= 4 is 5.69 Å². The molecule has 1 aromatic rings. The van der Waals surface area contributed by atoms with Crippen LogP contribution in [0.4, 0.5) is 5.69 Å². The molecule has 2 rings (SSSR count). The first-order valence-corrected chi connectivity index (χ1v) is 7.10. The fourth-order valence-corrected chi connectivity index (χ4v) is 2.96. The molecule has 2 nitrogen and oxygen atoms in total. The van der Waals surface area contributed by atoms with Gasteiger partial charge < -0.3 is 4.90 Å². The van der Waals surface area contributed by atoms with Crippen LogP contribution in [0, 0.1) is 0 Å². The summed E-state index contributed by atoms with van der Waals surface area (Å²) in [5, 5.41) is 0. The normalized spacial score (nSPS) is 20.6. The highest BCUT2D eigenvalue weighted by Gasteiger charge is 2.26. The Morgan fingerprint density at radius 2 is 1.89 bits per heavy atom. The van der Waals surface area contributed by atoms with Gasteiger partial charge in [0.25, 0.3) is 0 Å².